The molecule has 1 atom stereocenters. The van der Waals surface area contributed by atoms with Crippen LogP contribution in [0.5, 0.6) is 0 Å². The molecule has 3 N–H and O–H groups in total. The van der Waals surface area contributed by atoms with E-state index in [0.29, 0.717) is 31.1 Å². The maximum absolute atomic E-state index is 12.4. The largest absolute Gasteiger partial charge is 0.379 e. The molecule has 1 aliphatic rings. The van der Waals surface area contributed by atoms with Gasteiger partial charge in [-0.2, -0.15) is 0 Å². The second-order valence-corrected chi connectivity index (χ2v) is 7.13. The van der Waals surface area contributed by atoms with E-state index in [1.807, 2.05) is 29.9 Å². The predicted molar refractivity (Wildman–Crippen MR) is 113 cm³/mol. The van der Waals surface area contributed by atoms with Gasteiger partial charge in [0.1, 0.15) is 0 Å². The average Bonchev–Trinajstić information content (AvgIpc) is 3.15. The zero-order chi connectivity index (χ0) is 21.5. The lowest BCUT2D eigenvalue weighted by Gasteiger charge is -2.34. The van der Waals surface area contributed by atoms with Crippen LogP contribution < -0.4 is 16.0 Å². The Hall–Kier alpha value is -3.17. The fourth-order valence-electron chi connectivity index (χ4n) is 3.43. The highest BCUT2D eigenvalue weighted by atomic mass is 16.5. The SMILES string of the molecule is CC(=O)Nc1ccc(NC(=O)C(=O)NCC(c2cccn2C)N2CCOCC2)cc1. The van der Waals surface area contributed by atoms with Gasteiger partial charge in [-0.1, -0.05) is 0 Å². The Morgan fingerprint density at radius 3 is 2.20 bits per heavy atom. The van der Waals surface area contributed by atoms with Crippen LogP contribution in [-0.2, 0) is 26.2 Å². The molecule has 1 unspecified atom stereocenters. The molecule has 0 bridgehead atoms. The van der Waals surface area contributed by atoms with E-state index in [1.54, 1.807) is 24.3 Å². The smallest absolute Gasteiger partial charge is 0.313 e. The number of morpholine rings is 1. The molecule has 9 nitrogen and oxygen atoms in total. The summed E-state index contributed by atoms with van der Waals surface area (Å²) in [5.74, 6) is -1.62. The zero-order valence-electron chi connectivity index (χ0n) is 17.2. The fraction of sp³-hybridized carbons (Fsp3) is 0.381. The number of benzene rings is 1. The number of carbonyl (C=O) groups excluding carboxylic acids is 3. The standard InChI is InChI=1S/C21H27N5O4/c1-15(27)23-16-5-7-17(8-6-16)24-21(29)20(28)22-14-19(18-4-3-9-25(18)2)26-10-12-30-13-11-26/h3-9,19H,10-14H2,1-2H3,(H,22,28)(H,23,27)(H,24,29). The van der Waals surface area contributed by atoms with E-state index in [0.717, 1.165) is 18.8 Å². The first-order valence-corrected chi connectivity index (χ1v) is 9.84. The van der Waals surface area contributed by atoms with Gasteiger partial charge in [-0.05, 0) is 36.4 Å². The first kappa shape index (κ1) is 21.5. The number of hydrogen-bond acceptors (Lipinski definition) is 5. The van der Waals surface area contributed by atoms with Gasteiger partial charge in [0.2, 0.25) is 5.91 Å². The first-order valence-electron chi connectivity index (χ1n) is 9.84. The van der Waals surface area contributed by atoms with Crippen molar-refractivity contribution in [3.63, 3.8) is 0 Å². The Bertz CT molecular complexity index is 887. The monoisotopic (exact) mass is 413 g/mol. The van der Waals surface area contributed by atoms with Crippen LogP contribution in [0.2, 0.25) is 0 Å². The minimum atomic E-state index is -0.741. The quantitative estimate of drug-likeness (QED) is 0.616. The Labute approximate surface area is 175 Å². The Kier molecular flexibility index (Phi) is 7.21. The van der Waals surface area contributed by atoms with Crippen molar-refractivity contribution in [3.8, 4) is 0 Å². The molecular weight excluding hydrogens is 386 g/mol. The van der Waals surface area contributed by atoms with Crippen molar-refractivity contribution in [2.24, 2.45) is 7.05 Å². The van der Waals surface area contributed by atoms with Crippen LogP contribution in [0.3, 0.4) is 0 Å². The van der Waals surface area contributed by atoms with E-state index < -0.39 is 11.8 Å². The normalized spacial score (nSPS) is 15.3. The van der Waals surface area contributed by atoms with Gasteiger partial charge in [-0.25, -0.2) is 0 Å². The first-order chi connectivity index (χ1) is 14.4. The number of carbonyl (C=O) groups is 3. The van der Waals surface area contributed by atoms with Crippen LogP contribution >= 0.6 is 0 Å². The Balaban J connectivity index is 1.58. The molecule has 9 heteroatoms. The minimum absolute atomic E-state index is 0.0532. The van der Waals surface area contributed by atoms with Crippen LogP contribution in [-0.4, -0.2) is 60.0 Å². The molecule has 2 heterocycles. The average molecular weight is 413 g/mol. The summed E-state index contributed by atoms with van der Waals surface area (Å²) in [6, 6.07) is 10.5. The molecule has 0 saturated carbocycles. The highest BCUT2D eigenvalue weighted by Crippen LogP contribution is 2.21. The van der Waals surface area contributed by atoms with Gasteiger partial charge in [0.25, 0.3) is 0 Å². The maximum Gasteiger partial charge on any atom is 0.313 e. The highest BCUT2D eigenvalue weighted by Gasteiger charge is 2.26. The molecule has 2 aromatic rings. The van der Waals surface area contributed by atoms with Crippen LogP contribution in [0, 0.1) is 0 Å². The number of nitrogens with zero attached hydrogens (tertiary/aromatic N) is 2. The number of hydrogen-bond donors (Lipinski definition) is 3. The molecular formula is C21H27N5O4. The Morgan fingerprint density at radius 2 is 1.63 bits per heavy atom. The number of amides is 3. The summed E-state index contributed by atoms with van der Waals surface area (Å²) in [4.78, 5) is 38.0. The summed E-state index contributed by atoms with van der Waals surface area (Å²) in [5.41, 5.74) is 2.14. The van der Waals surface area contributed by atoms with E-state index in [-0.39, 0.29) is 11.9 Å². The van der Waals surface area contributed by atoms with E-state index in [9.17, 15) is 14.4 Å². The van der Waals surface area contributed by atoms with Gasteiger partial charge in [0.15, 0.2) is 0 Å². The summed E-state index contributed by atoms with van der Waals surface area (Å²) < 4.78 is 7.45. The molecule has 0 aliphatic carbocycles. The van der Waals surface area contributed by atoms with Crippen molar-refractivity contribution in [1.82, 2.24) is 14.8 Å². The van der Waals surface area contributed by atoms with Crippen molar-refractivity contribution in [2.75, 3.05) is 43.5 Å². The fourth-order valence-corrected chi connectivity index (χ4v) is 3.43. The van der Waals surface area contributed by atoms with Crippen molar-refractivity contribution in [3.05, 3.63) is 48.3 Å². The lowest BCUT2D eigenvalue weighted by molar-refractivity contribution is -0.136. The lowest BCUT2D eigenvalue weighted by atomic mass is 10.1. The van der Waals surface area contributed by atoms with Gasteiger partial charge in [-0.3, -0.25) is 19.3 Å². The second-order valence-electron chi connectivity index (χ2n) is 7.13. The molecule has 1 aliphatic heterocycles. The molecule has 0 radical (unpaired) electrons. The van der Waals surface area contributed by atoms with E-state index in [1.165, 1.54) is 6.92 Å². The number of nitrogens with one attached hydrogen (secondary N) is 3. The van der Waals surface area contributed by atoms with Gasteiger partial charge in [0.05, 0.1) is 19.3 Å². The predicted octanol–water partition coefficient (Wildman–Crippen LogP) is 1.11. The highest BCUT2D eigenvalue weighted by molar-refractivity contribution is 6.39. The van der Waals surface area contributed by atoms with Gasteiger partial charge >= 0.3 is 11.8 Å². The summed E-state index contributed by atoms with van der Waals surface area (Å²) >= 11 is 0. The number of aromatic nitrogens is 1. The molecule has 1 fully saturated rings. The van der Waals surface area contributed by atoms with Gasteiger partial charge in [-0.15, -0.1) is 0 Å². The summed E-state index contributed by atoms with van der Waals surface area (Å²) in [7, 11) is 1.96. The number of anilines is 2. The van der Waals surface area contributed by atoms with Gasteiger partial charge < -0.3 is 25.3 Å². The van der Waals surface area contributed by atoms with Crippen molar-refractivity contribution >= 4 is 29.1 Å². The zero-order valence-corrected chi connectivity index (χ0v) is 17.2. The molecule has 1 saturated heterocycles. The molecule has 3 rings (SSSR count). The topological polar surface area (TPSA) is 105 Å². The molecule has 1 aromatic carbocycles. The third-order valence-electron chi connectivity index (χ3n) is 4.94. The third kappa shape index (κ3) is 5.68. The Morgan fingerprint density at radius 1 is 1.00 bits per heavy atom. The van der Waals surface area contributed by atoms with Crippen molar-refractivity contribution in [2.45, 2.75) is 13.0 Å². The van der Waals surface area contributed by atoms with Crippen LogP contribution in [0.1, 0.15) is 18.7 Å². The molecule has 1 aromatic heterocycles. The molecule has 30 heavy (non-hydrogen) atoms. The number of rotatable bonds is 6. The number of ether oxygens (including phenoxy) is 1. The summed E-state index contributed by atoms with van der Waals surface area (Å²) in [6.07, 6.45) is 1.96. The van der Waals surface area contributed by atoms with Crippen molar-refractivity contribution < 1.29 is 19.1 Å². The lowest BCUT2D eigenvalue weighted by Crippen LogP contribution is -2.46. The van der Waals surface area contributed by atoms with Crippen molar-refractivity contribution in [1.29, 1.82) is 0 Å². The maximum atomic E-state index is 12.4. The van der Waals surface area contributed by atoms with E-state index >= 15 is 0 Å². The summed E-state index contributed by atoms with van der Waals surface area (Å²) in [5, 5.41) is 7.96. The second kappa shape index (κ2) is 10.0. The third-order valence-corrected chi connectivity index (χ3v) is 4.94. The van der Waals surface area contributed by atoms with Gasteiger partial charge in [0, 0.05) is 56.9 Å². The van der Waals surface area contributed by atoms with Crippen LogP contribution in [0.25, 0.3) is 0 Å². The number of aryl methyl sites for hydroxylation is 1. The minimum Gasteiger partial charge on any atom is -0.379 e. The summed E-state index contributed by atoms with van der Waals surface area (Å²) in [6.45, 7) is 4.54. The van der Waals surface area contributed by atoms with Crippen LogP contribution in [0.15, 0.2) is 42.6 Å². The molecule has 3 amide bonds. The van der Waals surface area contributed by atoms with Crippen LogP contribution in [0.4, 0.5) is 11.4 Å². The van der Waals surface area contributed by atoms with E-state index in [2.05, 4.69) is 20.9 Å². The van der Waals surface area contributed by atoms with E-state index in [4.69, 9.17) is 4.74 Å². The molecule has 160 valence electrons. The molecule has 0 spiro atoms.